The van der Waals surface area contributed by atoms with Gasteiger partial charge in [-0.1, -0.05) is 24.3 Å². The molecule has 0 saturated heterocycles. The van der Waals surface area contributed by atoms with E-state index >= 15 is 0 Å². The zero-order valence-electron chi connectivity index (χ0n) is 24.1. The normalized spacial score (nSPS) is 11.0. The Morgan fingerprint density at radius 1 is 0.477 bits per heavy atom. The molecule has 0 aliphatic heterocycles. The minimum Gasteiger partial charge on any atom is -0.497 e. The number of aromatic nitrogens is 4. The predicted octanol–water partition coefficient (Wildman–Crippen LogP) is 9.53. The molecular formula is C36H28N4O2S2. The lowest BCUT2D eigenvalue weighted by Gasteiger charge is -2.07. The van der Waals surface area contributed by atoms with Gasteiger partial charge in [0, 0.05) is 11.1 Å². The van der Waals surface area contributed by atoms with E-state index in [4.69, 9.17) is 19.4 Å². The number of imidazole rings is 2. The standard InChI is InChI=1S/2C18H14N2OS/c2*1-21-14-10-8-13(9-11-14)18-19-15-5-2-3-6-16(15)20(18)17-7-4-12-22-17/h2*2-12H,1H3. The van der Waals surface area contributed by atoms with E-state index in [2.05, 4.69) is 56.3 Å². The van der Waals surface area contributed by atoms with Crippen LogP contribution >= 0.6 is 22.7 Å². The van der Waals surface area contributed by atoms with Gasteiger partial charge in [0.2, 0.25) is 0 Å². The lowest BCUT2D eigenvalue weighted by molar-refractivity contribution is 0.414. The summed E-state index contributed by atoms with van der Waals surface area (Å²) >= 11 is 3.42. The molecule has 0 spiro atoms. The number of benzene rings is 4. The fourth-order valence-electron chi connectivity index (χ4n) is 5.16. The van der Waals surface area contributed by atoms with Gasteiger partial charge in [-0.15, -0.1) is 22.7 Å². The van der Waals surface area contributed by atoms with Crippen LogP contribution in [-0.4, -0.2) is 33.3 Å². The zero-order chi connectivity index (χ0) is 29.9. The van der Waals surface area contributed by atoms with Gasteiger partial charge < -0.3 is 9.47 Å². The van der Waals surface area contributed by atoms with E-state index < -0.39 is 0 Å². The van der Waals surface area contributed by atoms with Gasteiger partial charge in [-0.25, -0.2) is 9.97 Å². The largest absolute Gasteiger partial charge is 0.497 e. The SMILES string of the molecule is COc1ccc(-c2nc3ccccc3n2-c2cccs2)cc1.COc1ccc(-c2nc3ccccc3n2-c2cccs2)cc1. The highest BCUT2D eigenvalue weighted by molar-refractivity contribution is 7.12. The van der Waals surface area contributed by atoms with Gasteiger partial charge in [-0.3, -0.25) is 9.13 Å². The highest BCUT2D eigenvalue weighted by Crippen LogP contribution is 2.32. The summed E-state index contributed by atoms with van der Waals surface area (Å²) in [4.78, 5) is 9.65. The van der Waals surface area contributed by atoms with Crippen LogP contribution in [0, 0.1) is 0 Å². The minimum absolute atomic E-state index is 0.850. The minimum atomic E-state index is 0.850. The number of ether oxygens (including phenoxy) is 2. The highest BCUT2D eigenvalue weighted by atomic mass is 32.1. The maximum Gasteiger partial charge on any atom is 0.146 e. The molecule has 0 bridgehead atoms. The number of thiophene rings is 2. The third kappa shape index (κ3) is 5.25. The molecule has 0 aliphatic carbocycles. The van der Waals surface area contributed by atoms with E-state index in [1.807, 2.05) is 84.9 Å². The Kier molecular flexibility index (Phi) is 7.67. The Morgan fingerprint density at radius 2 is 0.886 bits per heavy atom. The van der Waals surface area contributed by atoms with Gasteiger partial charge in [0.25, 0.3) is 0 Å². The van der Waals surface area contributed by atoms with Crippen molar-refractivity contribution in [2.24, 2.45) is 0 Å². The lowest BCUT2D eigenvalue weighted by Crippen LogP contribution is -1.95. The van der Waals surface area contributed by atoms with Gasteiger partial charge in [0.05, 0.1) is 36.3 Å². The van der Waals surface area contributed by atoms with Crippen LogP contribution < -0.4 is 9.47 Å². The Hall–Kier alpha value is -5.18. The summed E-state index contributed by atoms with van der Waals surface area (Å²) in [5.41, 5.74) is 6.39. The quantitative estimate of drug-likeness (QED) is 0.188. The van der Waals surface area contributed by atoms with E-state index in [1.54, 1.807) is 36.9 Å². The van der Waals surface area contributed by atoms with Gasteiger partial charge in [0.15, 0.2) is 0 Å². The number of nitrogens with zero attached hydrogens (tertiary/aromatic N) is 4. The van der Waals surface area contributed by atoms with Gasteiger partial charge in [-0.05, 0) is 108 Å². The number of para-hydroxylation sites is 4. The van der Waals surface area contributed by atoms with Gasteiger partial charge >= 0.3 is 0 Å². The molecule has 0 N–H and O–H groups in total. The molecular weight excluding hydrogens is 585 g/mol. The fraction of sp³-hybridized carbons (Fsp3) is 0.0556. The van der Waals surface area contributed by atoms with Crippen LogP contribution in [0.4, 0.5) is 0 Å². The van der Waals surface area contributed by atoms with Crippen molar-refractivity contribution in [2.45, 2.75) is 0 Å². The molecule has 0 amide bonds. The molecule has 4 aromatic heterocycles. The van der Waals surface area contributed by atoms with Crippen molar-refractivity contribution in [3.8, 4) is 44.3 Å². The third-order valence-corrected chi connectivity index (χ3v) is 8.98. The zero-order valence-corrected chi connectivity index (χ0v) is 25.8. The van der Waals surface area contributed by atoms with Crippen LogP contribution in [0.3, 0.4) is 0 Å². The molecule has 8 heteroatoms. The fourth-order valence-corrected chi connectivity index (χ4v) is 6.65. The Bertz CT molecular complexity index is 1970. The number of hydrogen-bond acceptors (Lipinski definition) is 6. The summed E-state index contributed by atoms with van der Waals surface area (Å²) in [6, 6.07) is 40.8. The Balaban J connectivity index is 0.000000142. The summed E-state index contributed by atoms with van der Waals surface area (Å²) < 4.78 is 14.9. The molecule has 4 aromatic carbocycles. The summed E-state index contributed by atoms with van der Waals surface area (Å²) in [6.07, 6.45) is 0. The second kappa shape index (κ2) is 12.2. The van der Waals surface area contributed by atoms with Crippen LogP contribution in [0.5, 0.6) is 11.5 Å². The lowest BCUT2D eigenvalue weighted by atomic mass is 10.2. The van der Waals surface area contributed by atoms with Crippen molar-refractivity contribution in [1.82, 2.24) is 19.1 Å². The monoisotopic (exact) mass is 612 g/mol. The van der Waals surface area contributed by atoms with Gasteiger partial charge in [0.1, 0.15) is 33.1 Å². The smallest absolute Gasteiger partial charge is 0.146 e. The second-order valence-electron chi connectivity index (χ2n) is 9.88. The van der Waals surface area contributed by atoms with Gasteiger partial charge in [-0.2, -0.15) is 0 Å². The van der Waals surface area contributed by atoms with E-state index in [0.29, 0.717) is 0 Å². The van der Waals surface area contributed by atoms with Crippen molar-refractivity contribution in [1.29, 1.82) is 0 Å². The van der Waals surface area contributed by atoms with Crippen molar-refractivity contribution >= 4 is 44.7 Å². The molecule has 8 aromatic rings. The van der Waals surface area contributed by atoms with Crippen LogP contribution in [-0.2, 0) is 0 Å². The molecule has 0 unspecified atom stereocenters. The van der Waals surface area contributed by atoms with E-state index in [9.17, 15) is 0 Å². The van der Waals surface area contributed by atoms with Crippen LogP contribution in [0.1, 0.15) is 0 Å². The first-order valence-corrected chi connectivity index (χ1v) is 15.8. The summed E-state index contributed by atoms with van der Waals surface area (Å²) in [5, 5.41) is 6.50. The van der Waals surface area contributed by atoms with E-state index in [0.717, 1.165) is 56.3 Å². The first-order valence-electron chi connectivity index (χ1n) is 14.0. The molecule has 0 aliphatic rings. The molecule has 44 heavy (non-hydrogen) atoms. The molecule has 0 radical (unpaired) electrons. The Morgan fingerprint density at radius 3 is 1.25 bits per heavy atom. The molecule has 8 rings (SSSR count). The summed E-state index contributed by atoms with van der Waals surface area (Å²) in [7, 11) is 3.35. The number of fused-ring (bicyclic) bond motifs is 2. The summed E-state index contributed by atoms with van der Waals surface area (Å²) in [5.74, 6) is 3.60. The molecule has 4 heterocycles. The average molecular weight is 613 g/mol. The maximum absolute atomic E-state index is 5.24. The van der Waals surface area contributed by atoms with Crippen LogP contribution in [0.15, 0.2) is 132 Å². The van der Waals surface area contributed by atoms with Crippen molar-refractivity contribution in [3.05, 3.63) is 132 Å². The van der Waals surface area contributed by atoms with E-state index in [1.165, 1.54) is 10.0 Å². The topological polar surface area (TPSA) is 54.1 Å². The number of methoxy groups -OCH3 is 2. The highest BCUT2D eigenvalue weighted by Gasteiger charge is 2.16. The summed E-state index contributed by atoms with van der Waals surface area (Å²) in [6.45, 7) is 0. The maximum atomic E-state index is 5.24. The molecule has 0 saturated carbocycles. The van der Waals surface area contributed by atoms with Crippen molar-refractivity contribution in [2.75, 3.05) is 14.2 Å². The van der Waals surface area contributed by atoms with Crippen molar-refractivity contribution in [3.63, 3.8) is 0 Å². The van der Waals surface area contributed by atoms with Crippen LogP contribution in [0.2, 0.25) is 0 Å². The molecule has 6 nitrogen and oxygen atoms in total. The van der Waals surface area contributed by atoms with Crippen molar-refractivity contribution < 1.29 is 9.47 Å². The first-order chi connectivity index (χ1) is 21.7. The third-order valence-electron chi connectivity index (χ3n) is 7.27. The molecule has 0 atom stereocenters. The molecule has 216 valence electrons. The molecule has 0 fully saturated rings. The van der Waals surface area contributed by atoms with Crippen LogP contribution in [0.25, 0.3) is 54.8 Å². The first kappa shape index (κ1) is 27.6. The van der Waals surface area contributed by atoms with E-state index in [-0.39, 0.29) is 0 Å². The second-order valence-corrected chi connectivity index (χ2v) is 11.7. The average Bonchev–Trinajstić information content (AvgIpc) is 3.90. The predicted molar refractivity (Wildman–Crippen MR) is 182 cm³/mol. The number of rotatable bonds is 6. The number of hydrogen-bond donors (Lipinski definition) is 0. The Labute approximate surface area is 263 Å².